The number of aromatic nitrogens is 1. The summed E-state index contributed by atoms with van der Waals surface area (Å²) in [5.74, 6) is -0.0863. The summed E-state index contributed by atoms with van der Waals surface area (Å²) in [7, 11) is 2.06. The Balaban J connectivity index is 1.56. The van der Waals surface area contributed by atoms with Crippen molar-refractivity contribution in [3.8, 4) is 0 Å². The van der Waals surface area contributed by atoms with Crippen molar-refractivity contribution in [3.05, 3.63) is 86.8 Å². The van der Waals surface area contributed by atoms with Crippen molar-refractivity contribution < 1.29 is 4.79 Å². The molecule has 1 atom stereocenters. The van der Waals surface area contributed by atoms with Crippen molar-refractivity contribution in [2.45, 2.75) is 26.1 Å². The minimum atomic E-state index is -0.0863. The zero-order valence-corrected chi connectivity index (χ0v) is 16.9. The van der Waals surface area contributed by atoms with Gasteiger partial charge in [-0.05, 0) is 37.7 Å². The summed E-state index contributed by atoms with van der Waals surface area (Å²) in [6.07, 6.45) is 0. The topological polar surface area (TPSA) is 45.2 Å². The van der Waals surface area contributed by atoms with Gasteiger partial charge >= 0.3 is 0 Å². The predicted octanol–water partition coefficient (Wildman–Crippen LogP) is 4.92. The molecule has 6 heteroatoms. The van der Waals surface area contributed by atoms with E-state index in [1.165, 1.54) is 0 Å². The number of hydrogen-bond acceptors (Lipinski definition) is 4. The molecule has 0 bridgehead atoms. The van der Waals surface area contributed by atoms with E-state index in [1.54, 1.807) is 23.5 Å². The molecular weight excluding hydrogens is 378 g/mol. The molecule has 1 heterocycles. The van der Waals surface area contributed by atoms with Gasteiger partial charge in [-0.3, -0.25) is 9.69 Å². The van der Waals surface area contributed by atoms with Crippen LogP contribution in [-0.2, 0) is 13.1 Å². The van der Waals surface area contributed by atoms with Gasteiger partial charge in [-0.25, -0.2) is 4.98 Å². The number of carbonyl (C=O) groups excluding carboxylic acids is 1. The summed E-state index contributed by atoms with van der Waals surface area (Å²) in [6.45, 7) is 3.28. The summed E-state index contributed by atoms with van der Waals surface area (Å²) in [4.78, 5) is 19.0. The van der Waals surface area contributed by atoms with Crippen molar-refractivity contribution in [1.82, 2.24) is 15.2 Å². The second-order valence-electron chi connectivity index (χ2n) is 6.39. The molecule has 0 aliphatic heterocycles. The Morgan fingerprint density at radius 2 is 1.89 bits per heavy atom. The van der Waals surface area contributed by atoms with Crippen molar-refractivity contribution in [2.24, 2.45) is 0 Å². The number of nitrogens with one attached hydrogen (secondary N) is 1. The van der Waals surface area contributed by atoms with Gasteiger partial charge in [0.25, 0.3) is 5.91 Å². The quantitative estimate of drug-likeness (QED) is 0.613. The van der Waals surface area contributed by atoms with Gasteiger partial charge in [0.2, 0.25) is 0 Å². The lowest BCUT2D eigenvalue weighted by Gasteiger charge is -2.25. The number of benzene rings is 2. The lowest BCUT2D eigenvalue weighted by atomic mass is 10.1. The van der Waals surface area contributed by atoms with Gasteiger partial charge in [0.05, 0.1) is 12.2 Å². The average Bonchev–Trinajstić information content (AvgIpc) is 3.14. The molecule has 1 aromatic heterocycles. The van der Waals surface area contributed by atoms with E-state index >= 15 is 0 Å². The minimum absolute atomic E-state index is 0.0863. The first-order valence-electron chi connectivity index (χ1n) is 8.76. The molecule has 3 aromatic rings. The first-order valence-corrected chi connectivity index (χ1v) is 10.0. The van der Waals surface area contributed by atoms with E-state index in [4.69, 9.17) is 11.6 Å². The molecule has 0 aliphatic carbocycles. The smallest absolute Gasteiger partial charge is 0.251 e. The van der Waals surface area contributed by atoms with Crippen LogP contribution in [0, 0.1) is 0 Å². The van der Waals surface area contributed by atoms with Crippen LogP contribution in [0.15, 0.2) is 60.0 Å². The van der Waals surface area contributed by atoms with Gasteiger partial charge in [0.1, 0.15) is 5.01 Å². The number of carbonyl (C=O) groups is 1. The highest BCUT2D eigenvalue weighted by atomic mass is 35.5. The lowest BCUT2D eigenvalue weighted by Crippen LogP contribution is -2.23. The fourth-order valence-corrected chi connectivity index (χ4v) is 3.81. The first kappa shape index (κ1) is 19.5. The zero-order chi connectivity index (χ0) is 19.2. The number of nitrogens with zero attached hydrogens (tertiary/aromatic N) is 2. The van der Waals surface area contributed by atoms with Gasteiger partial charge in [0, 0.05) is 28.6 Å². The normalized spacial score (nSPS) is 12.1. The van der Waals surface area contributed by atoms with Crippen molar-refractivity contribution in [1.29, 1.82) is 0 Å². The predicted molar refractivity (Wildman–Crippen MR) is 111 cm³/mol. The van der Waals surface area contributed by atoms with Crippen LogP contribution in [0.2, 0.25) is 5.02 Å². The van der Waals surface area contributed by atoms with Gasteiger partial charge in [-0.15, -0.1) is 11.3 Å². The average molecular weight is 400 g/mol. The monoisotopic (exact) mass is 399 g/mol. The molecule has 2 aromatic carbocycles. The maximum atomic E-state index is 12.1. The van der Waals surface area contributed by atoms with E-state index in [9.17, 15) is 4.79 Å². The molecule has 27 heavy (non-hydrogen) atoms. The second-order valence-corrected chi connectivity index (χ2v) is 7.74. The molecule has 0 saturated carbocycles. The number of amides is 1. The largest absolute Gasteiger partial charge is 0.346 e. The van der Waals surface area contributed by atoms with Crippen LogP contribution in [0.4, 0.5) is 0 Å². The Bertz CT molecular complexity index is 897. The fourth-order valence-electron chi connectivity index (χ4n) is 2.79. The maximum Gasteiger partial charge on any atom is 0.251 e. The highest BCUT2D eigenvalue weighted by molar-refractivity contribution is 7.09. The van der Waals surface area contributed by atoms with Crippen LogP contribution in [-0.4, -0.2) is 22.8 Å². The summed E-state index contributed by atoms with van der Waals surface area (Å²) < 4.78 is 0. The van der Waals surface area contributed by atoms with E-state index < -0.39 is 0 Å². The van der Waals surface area contributed by atoms with E-state index in [1.807, 2.05) is 41.8 Å². The van der Waals surface area contributed by atoms with Crippen LogP contribution < -0.4 is 5.32 Å². The van der Waals surface area contributed by atoms with Crippen molar-refractivity contribution >= 4 is 28.8 Å². The molecule has 140 valence electrons. The Kier molecular flexibility index (Phi) is 6.61. The van der Waals surface area contributed by atoms with Crippen LogP contribution in [0.25, 0.3) is 0 Å². The molecule has 1 N–H and O–H groups in total. The highest BCUT2D eigenvalue weighted by Crippen LogP contribution is 2.27. The Morgan fingerprint density at radius 3 is 2.63 bits per heavy atom. The number of hydrogen-bond donors (Lipinski definition) is 1. The summed E-state index contributed by atoms with van der Waals surface area (Å²) >= 11 is 7.87. The second kappa shape index (κ2) is 9.13. The molecule has 1 amide bonds. The number of thiazole rings is 1. The molecule has 1 unspecified atom stereocenters. The van der Waals surface area contributed by atoms with Gasteiger partial charge in [-0.1, -0.05) is 48.0 Å². The zero-order valence-electron chi connectivity index (χ0n) is 15.4. The number of rotatable bonds is 7. The Hall–Kier alpha value is -2.21. The van der Waals surface area contributed by atoms with Crippen LogP contribution >= 0.6 is 22.9 Å². The molecule has 0 radical (unpaired) electrons. The van der Waals surface area contributed by atoms with Gasteiger partial charge in [0.15, 0.2) is 0 Å². The summed E-state index contributed by atoms with van der Waals surface area (Å²) in [5, 5.41) is 6.63. The molecule has 4 nitrogen and oxygen atoms in total. The summed E-state index contributed by atoms with van der Waals surface area (Å²) in [6, 6.07) is 17.3. The third-order valence-corrected chi connectivity index (χ3v) is 5.71. The molecule has 0 spiro atoms. The third-order valence-electron chi connectivity index (χ3n) is 4.46. The SMILES string of the molecule is CC(c1ccccc1Cl)N(C)Cc1csc(CNC(=O)c2ccccc2)n1. The minimum Gasteiger partial charge on any atom is -0.346 e. The van der Waals surface area contributed by atoms with Crippen LogP contribution in [0.3, 0.4) is 0 Å². The first-order chi connectivity index (χ1) is 13.0. The fraction of sp³-hybridized carbons (Fsp3) is 0.238. The Morgan fingerprint density at radius 1 is 1.19 bits per heavy atom. The van der Waals surface area contributed by atoms with Gasteiger partial charge in [-0.2, -0.15) is 0 Å². The molecule has 0 fully saturated rings. The molecule has 3 rings (SSSR count). The maximum absolute atomic E-state index is 12.1. The lowest BCUT2D eigenvalue weighted by molar-refractivity contribution is 0.0951. The summed E-state index contributed by atoms with van der Waals surface area (Å²) in [5.41, 5.74) is 2.75. The highest BCUT2D eigenvalue weighted by Gasteiger charge is 2.16. The Labute approximate surface area is 168 Å². The van der Waals surface area contributed by atoms with E-state index in [0.717, 1.165) is 27.8 Å². The van der Waals surface area contributed by atoms with Crippen molar-refractivity contribution in [2.75, 3.05) is 7.05 Å². The third kappa shape index (κ3) is 5.16. The van der Waals surface area contributed by atoms with E-state index in [-0.39, 0.29) is 11.9 Å². The van der Waals surface area contributed by atoms with E-state index in [2.05, 4.69) is 35.2 Å². The molecule has 0 saturated heterocycles. The van der Waals surface area contributed by atoms with E-state index in [0.29, 0.717) is 12.1 Å². The van der Waals surface area contributed by atoms with Gasteiger partial charge < -0.3 is 5.32 Å². The van der Waals surface area contributed by atoms with Crippen molar-refractivity contribution in [3.63, 3.8) is 0 Å². The molecule has 0 aliphatic rings. The standard InChI is InChI=1S/C21H22ClN3OS/c1-15(18-10-6-7-11-19(18)22)25(2)13-17-14-27-20(24-17)12-23-21(26)16-8-4-3-5-9-16/h3-11,14-15H,12-13H2,1-2H3,(H,23,26). The molecular formula is C21H22ClN3OS. The van der Waals surface area contributed by atoms with Crippen LogP contribution in [0.1, 0.15) is 39.6 Å². The number of halogens is 1. The van der Waals surface area contributed by atoms with Crippen LogP contribution in [0.5, 0.6) is 0 Å².